The summed E-state index contributed by atoms with van der Waals surface area (Å²) in [5, 5.41) is 0.404. The fourth-order valence-corrected chi connectivity index (χ4v) is 2.37. The van der Waals surface area contributed by atoms with Crippen molar-refractivity contribution in [2.75, 3.05) is 38.4 Å². The molecule has 5 nitrogen and oxygen atoms in total. The number of hydrogen-bond donors (Lipinski definition) is 0. The van der Waals surface area contributed by atoms with Gasteiger partial charge in [-0.1, -0.05) is 17.7 Å². The fraction of sp³-hybridized carbons (Fsp3) is 0.429. The average molecular weight is 298 g/mol. The topological polar surface area (TPSA) is 55.8 Å². The van der Waals surface area contributed by atoms with Crippen LogP contribution in [0, 0.1) is 0 Å². The molecule has 1 aliphatic rings. The number of carbonyl (C=O) groups is 2. The van der Waals surface area contributed by atoms with Crippen LogP contribution in [0.4, 0.5) is 5.69 Å². The molecule has 0 N–H and O–H groups in total. The number of carbonyl (C=O) groups excluding carboxylic acids is 2. The van der Waals surface area contributed by atoms with E-state index in [1.807, 2.05) is 0 Å². The summed E-state index contributed by atoms with van der Waals surface area (Å²) < 4.78 is 10.3. The number of Topliss-reactive ketones (excluding diaryl/α,β-unsaturated/α-hetero) is 1. The maximum atomic E-state index is 11.9. The van der Waals surface area contributed by atoms with Crippen molar-refractivity contribution in [3.05, 3.63) is 28.8 Å². The summed E-state index contributed by atoms with van der Waals surface area (Å²) >= 11 is 6.07. The van der Waals surface area contributed by atoms with E-state index in [0.29, 0.717) is 42.6 Å². The van der Waals surface area contributed by atoms with Crippen LogP contribution in [0.1, 0.15) is 16.8 Å². The number of amides is 1. The van der Waals surface area contributed by atoms with Crippen LogP contribution in [-0.4, -0.2) is 45.2 Å². The van der Waals surface area contributed by atoms with Crippen LogP contribution in [-0.2, 0) is 14.3 Å². The molecular formula is C14H16ClNO4. The molecule has 1 aliphatic heterocycles. The molecule has 20 heavy (non-hydrogen) atoms. The Morgan fingerprint density at radius 3 is 2.75 bits per heavy atom. The molecule has 108 valence electrons. The third-order valence-electron chi connectivity index (χ3n) is 3.04. The molecule has 2 rings (SSSR count). The molecule has 0 unspecified atom stereocenters. The number of para-hydroxylation sites is 1. The van der Waals surface area contributed by atoms with Crippen LogP contribution >= 0.6 is 11.6 Å². The first-order valence-corrected chi connectivity index (χ1v) is 6.76. The largest absolute Gasteiger partial charge is 0.385 e. The van der Waals surface area contributed by atoms with Crippen molar-refractivity contribution in [2.45, 2.75) is 6.42 Å². The summed E-state index contributed by atoms with van der Waals surface area (Å²) in [7, 11) is 1.63. The zero-order valence-electron chi connectivity index (χ0n) is 11.2. The van der Waals surface area contributed by atoms with Crippen LogP contribution in [0.15, 0.2) is 18.2 Å². The highest BCUT2D eigenvalue weighted by Gasteiger charge is 2.36. The van der Waals surface area contributed by atoms with Crippen molar-refractivity contribution in [3.63, 3.8) is 0 Å². The Balaban J connectivity index is 1.96. The second-order valence-electron chi connectivity index (χ2n) is 4.38. The summed E-state index contributed by atoms with van der Waals surface area (Å²) in [5.74, 6) is -1.06. The number of fused-ring (bicyclic) bond motifs is 1. The van der Waals surface area contributed by atoms with Gasteiger partial charge in [-0.3, -0.25) is 9.59 Å². The molecule has 1 aromatic rings. The van der Waals surface area contributed by atoms with E-state index in [1.54, 1.807) is 25.3 Å². The minimum absolute atomic E-state index is 0.314. The Bertz CT molecular complexity index is 518. The van der Waals surface area contributed by atoms with Crippen molar-refractivity contribution in [2.24, 2.45) is 0 Å². The van der Waals surface area contributed by atoms with Crippen LogP contribution in [0.2, 0.25) is 5.02 Å². The van der Waals surface area contributed by atoms with Gasteiger partial charge in [0.15, 0.2) is 0 Å². The SMILES string of the molecule is COCCCOCCN1C(=O)C(=O)c2cccc(Cl)c21. The molecule has 1 aromatic carbocycles. The van der Waals surface area contributed by atoms with Crippen LogP contribution in [0.5, 0.6) is 0 Å². The van der Waals surface area contributed by atoms with Gasteiger partial charge < -0.3 is 14.4 Å². The van der Waals surface area contributed by atoms with Crippen molar-refractivity contribution in [1.29, 1.82) is 0 Å². The minimum atomic E-state index is -0.548. The Morgan fingerprint density at radius 2 is 2.00 bits per heavy atom. The van der Waals surface area contributed by atoms with Gasteiger partial charge in [0.1, 0.15) is 0 Å². The first kappa shape index (κ1) is 15.0. The fourth-order valence-electron chi connectivity index (χ4n) is 2.09. The van der Waals surface area contributed by atoms with Crippen molar-refractivity contribution >= 4 is 29.0 Å². The van der Waals surface area contributed by atoms with Gasteiger partial charge >= 0.3 is 0 Å². The summed E-state index contributed by atoms with van der Waals surface area (Å²) in [6.07, 6.45) is 0.792. The van der Waals surface area contributed by atoms with E-state index in [1.165, 1.54) is 4.90 Å². The zero-order valence-corrected chi connectivity index (χ0v) is 12.0. The lowest BCUT2D eigenvalue weighted by Crippen LogP contribution is -2.33. The number of ketones is 1. The predicted molar refractivity (Wildman–Crippen MR) is 75.4 cm³/mol. The van der Waals surface area contributed by atoms with Crippen molar-refractivity contribution in [3.8, 4) is 0 Å². The highest BCUT2D eigenvalue weighted by atomic mass is 35.5. The first-order chi connectivity index (χ1) is 9.66. The Morgan fingerprint density at radius 1 is 1.20 bits per heavy atom. The number of halogens is 1. The summed E-state index contributed by atoms with van der Waals surface area (Å²) in [6.45, 7) is 1.86. The number of hydrogen-bond acceptors (Lipinski definition) is 4. The average Bonchev–Trinajstić information content (AvgIpc) is 2.69. The molecule has 0 aromatic heterocycles. The zero-order chi connectivity index (χ0) is 14.5. The Kier molecular flexibility index (Phi) is 5.11. The molecule has 0 atom stereocenters. The molecule has 0 saturated carbocycles. The van der Waals surface area contributed by atoms with E-state index >= 15 is 0 Å². The third-order valence-corrected chi connectivity index (χ3v) is 3.34. The van der Waals surface area contributed by atoms with Gasteiger partial charge in [-0.25, -0.2) is 0 Å². The first-order valence-electron chi connectivity index (χ1n) is 6.38. The summed E-state index contributed by atoms with van der Waals surface area (Å²) in [6, 6.07) is 4.94. The van der Waals surface area contributed by atoms with E-state index in [-0.39, 0.29) is 0 Å². The second kappa shape index (κ2) is 6.83. The monoisotopic (exact) mass is 297 g/mol. The molecule has 0 fully saturated rings. The molecule has 0 aliphatic carbocycles. The maximum Gasteiger partial charge on any atom is 0.299 e. The van der Waals surface area contributed by atoms with E-state index < -0.39 is 11.7 Å². The highest BCUT2D eigenvalue weighted by molar-refractivity contribution is 6.54. The van der Waals surface area contributed by atoms with Crippen LogP contribution < -0.4 is 4.90 Å². The quantitative estimate of drug-likeness (QED) is 0.570. The van der Waals surface area contributed by atoms with Gasteiger partial charge in [-0.15, -0.1) is 0 Å². The van der Waals surface area contributed by atoms with Crippen LogP contribution in [0.25, 0.3) is 0 Å². The maximum absolute atomic E-state index is 11.9. The number of anilines is 1. The lowest BCUT2D eigenvalue weighted by Gasteiger charge is -2.17. The Hall–Kier alpha value is -1.43. The lowest BCUT2D eigenvalue weighted by molar-refractivity contribution is -0.114. The van der Waals surface area contributed by atoms with E-state index in [4.69, 9.17) is 21.1 Å². The smallest absolute Gasteiger partial charge is 0.299 e. The Labute approximate surface area is 122 Å². The van der Waals surface area contributed by atoms with E-state index in [2.05, 4.69) is 0 Å². The number of benzene rings is 1. The predicted octanol–water partition coefficient (Wildman–Crippen LogP) is 1.92. The highest BCUT2D eigenvalue weighted by Crippen LogP contribution is 2.35. The summed E-state index contributed by atoms with van der Waals surface area (Å²) in [4.78, 5) is 25.1. The summed E-state index contributed by atoms with van der Waals surface area (Å²) in [5.41, 5.74) is 0.853. The molecule has 0 radical (unpaired) electrons. The molecule has 1 amide bonds. The molecule has 6 heteroatoms. The molecule has 0 bridgehead atoms. The number of nitrogens with zero attached hydrogens (tertiary/aromatic N) is 1. The normalized spacial score (nSPS) is 14.0. The molecular weight excluding hydrogens is 282 g/mol. The van der Waals surface area contributed by atoms with Crippen molar-refractivity contribution < 1.29 is 19.1 Å². The second-order valence-corrected chi connectivity index (χ2v) is 4.79. The van der Waals surface area contributed by atoms with Gasteiger partial charge in [-0.2, -0.15) is 0 Å². The molecule has 1 heterocycles. The van der Waals surface area contributed by atoms with E-state index in [0.717, 1.165) is 6.42 Å². The number of rotatable bonds is 7. The van der Waals surface area contributed by atoms with Gasteiger partial charge in [-0.05, 0) is 18.6 Å². The van der Waals surface area contributed by atoms with Crippen LogP contribution in [0.3, 0.4) is 0 Å². The molecule has 0 spiro atoms. The van der Waals surface area contributed by atoms with Gasteiger partial charge in [0.05, 0.1) is 22.9 Å². The third kappa shape index (κ3) is 3.00. The molecule has 0 saturated heterocycles. The van der Waals surface area contributed by atoms with Crippen molar-refractivity contribution in [1.82, 2.24) is 0 Å². The van der Waals surface area contributed by atoms with Gasteiger partial charge in [0.2, 0.25) is 0 Å². The standard InChI is InChI=1S/C14H16ClNO4/c1-19-7-3-8-20-9-6-16-12-10(13(17)14(16)18)4-2-5-11(12)15/h2,4-5H,3,6-9H2,1H3. The van der Waals surface area contributed by atoms with Gasteiger partial charge in [0, 0.05) is 26.9 Å². The minimum Gasteiger partial charge on any atom is -0.385 e. The number of methoxy groups -OCH3 is 1. The van der Waals surface area contributed by atoms with E-state index in [9.17, 15) is 9.59 Å². The lowest BCUT2D eigenvalue weighted by atomic mass is 10.1. The number of ether oxygens (including phenoxy) is 2. The van der Waals surface area contributed by atoms with Gasteiger partial charge in [0.25, 0.3) is 11.7 Å².